The average molecular weight is 277 g/mol. The minimum Gasteiger partial charge on any atom is -0.300 e. The molecule has 0 atom stereocenters. The Morgan fingerprint density at radius 2 is 1.55 bits per heavy atom. The van der Waals surface area contributed by atoms with Crippen molar-refractivity contribution in [3.8, 4) is 11.8 Å². The van der Waals surface area contributed by atoms with E-state index in [0.717, 1.165) is 18.5 Å². The van der Waals surface area contributed by atoms with Crippen LogP contribution in [0.3, 0.4) is 0 Å². The lowest BCUT2D eigenvalue weighted by molar-refractivity contribution is 0.0299. The first-order valence-electron chi connectivity index (χ1n) is 8.21. The van der Waals surface area contributed by atoms with Gasteiger partial charge in [-0.05, 0) is 19.8 Å². The summed E-state index contributed by atoms with van der Waals surface area (Å²) in [6, 6.07) is 0.725. The fourth-order valence-corrected chi connectivity index (χ4v) is 3.00. The summed E-state index contributed by atoms with van der Waals surface area (Å²) < 4.78 is 0. The van der Waals surface area contributed by atoms with E-state index in [1.165, 1.54) is 45.8 Å². The van der Waals surface area contributed by atoms with Gasteiger partial charge in [-0.2, -0.15) is 0 Å². The third kappa shape index (κ3) is 4.77. The Kier molecular flexibility index (Phi) is 5.89. The summed E-state index contributed by atoms with van der Waals surface area (Å²) in [5.41, 5.74) is 0. The highest BCUT2D eigenvalue weighted by Crippen LogP contribution is 2.19. The maximum atomic E-state index is 3.30. The fraction of sp³-hybridized carbons (Fsp3) is 0.882. The monoisotopic (exact) mass is 277 g/mol. The van der Waals surface area contributed by atoms with E-state index in [2.05, 4.69) is 54.2 Å². The lowest BCUT2D eigenvalue weighted by atomic mass is 9.97. The predicted molar refractivity (Wildman–Crippen MR) is 85.7 cm³/mol. The van der Waals surface area contributed by atoms with Crippen molar-refractivity contribution in [1.29, 1.82) is 0 Å². The van der Waals surface area contributed by atoms with Crippen molar-refractivity contribution in [3.63, 3.8) is 0 Å². The summed E-state index contributed by atoms with van der Waals surface area (Å²) >= 11 is 0. The van der Waals surface area contributed by atoms with E-state index in [-0.39, 0.29) is 0 Å². The molecule has 0 unspecified atom stereocenters. The van der Waals surface area contributed by atoms with E-state index < -0.39 is 0 Å². The second-order valence-electron chi connectivity index (χ2n) is 6.97. The topological polar surface area (TPSA) is 9.72 Å². The molecule has 2 rings (SSSR count). The second kappa shape index (κ2) is 7.45. The highest BCUT2D eigenvalue weighted by atomic mass is 15.3. The quantitative estimate of drug-likeness (QED) is 0.723. The van der Waals surface area contributed by atoms with Crippen LogP contribution in [0.15, 0.2) is 0 Å². The van der Waals surface area contributed by atoms with Crippen molar-refractivity contribution < 1.29 is 0 Å². The van der Waals surface area contributed by atoms with Crippen molar-refractivity contribution in [2.24, 2.45) is 11.8 Å². The van der Waals surface area contributed by atoms with E-state index in [4.69, 9.17) is 0 Å². The van der Waals surface area contributed by atoms with Gasteiger partial charge in [0.05, 0.1) is 6.54 Å². The molecule has 2 fully saturated rings. The Balaban J connectivity index is 1.60. The lowest BCUT2D eigenvalue weighted by Gasteiger charge is -2.45. The van der Waals surface area contributed by atoms with Crippen molar-refractivity contribution in [3.05, 3.63) is 0 Å². The molecule has 0 aromatic heterocycles. The van der Waals surface area contributed by atoms with Gasteiger partial charge < -0.3 is 9.80 Å². The van der Waals surface area contributed by atoms with Crippen LogP contribution in [0.1, 0.15) is 27.7 Å². The third-order valence-corrected chi connectivity index (χ3v) is 4.39. The van der Waals surface area contributed by atoms with Crippen LogP contribution < -0.4 is 0 Å². The maximum absolute atomic E-state index is 3.30. The van der Waals surface area contributed by atoms with Gasteiger partial charge in [0.2, 0.25) is 0 Å². The number of likely N-dealkylation sites (tertiary alicyclic amines) is 1. The van der Waals surface area contributed by atoms with Crippen LogP contribution in [-0.4, -0.2) is 73.1 Å². The normalized spacial score (nSPS) is 22.9. The van der Waals surface area contributed by atoms with Crippen LogP contribution in [0.4, 0.5) is 0 Å². The molecular formula is C17H31N3. The van der Waals surface area contributed by atoms with E-state index in [1.54, 1.807) is 0 Å². The number of piperazine rings is 1. The largest absolute Gasteiger partial charge is 0.300 e. The number of hydrogen-bond donors (Lipinski definition) is 0. The molecule has 0 saturated carbocycles. The van der Waals surface area contributed by atoms with Crippen molar-refractivity contribution in [2.75, 3.05) is 52.4 Å². The molecule has 2 aliphatic rings. The number of nitrogens with zero attached hydrogens (tertiary/aromatic N) is 3. The molecule has 0 radical (unpaired) electrons. The zero-order valence-corrected chi connectivity index (χ0v) is 13.7. The van der Waals surface area contributed by atoms with E-state index in [9.17, 15) is 0 Å². The van der Waals surface area contributed by atoms with E-state index >= 15 is 0 Å². The molecule has 0 N–H and O–H groups in total. The molecule has 3 heteroatoms. The van der Waals surface area contributed by atoms with Crippen LogP contribution in [0, 0.1) is 23.7 Å². The van der Waals surface area contributed by atoms with Gasteiger partial charge in [-0.3, -0.25) is 4.90 Å². The Morgan fingerprint density at radius 1 is 0.950 bits per heavy atom. The minimum atomic E-state index is 0.499. The summed E-state index contributed by atoms with van der Waals surface area (Å²) in [5, 5.41) is 0. The number of hydrogen-bond acceptors (Lipinski definition) is 3. The molecule has 0 bridgehead atoms. The molecule has 3 nitrogen and oxygen atoms in total. The Bertz CT molecular complexity index is 339. The highest BCUT2D eigenvalue weighted by molar-refractivity contribution is 5.03. The van der Waals surface area contributed by atoms with Gasteiger partial charge in [-0.25, -0.2) is 0 Å². The Hall–Kier alpha value is -0.560. The van der Waals surface area contributed by atoms with Crippen LogP contribution in [0.25, 0.3) is 0 Å². The van der Waals surface area contributed by atoms with E-state index in [0.29, 0.717) is 5.92 Å². The Morgan fingerprint density at radius 3 is 2.10 bits per heavy atom. The highest BCUT2D eigenvalue weighted by Gasteiger charge is 2.30. The van der Waals surface area contributed by atoms with Crippen LogP contribution >= 0.6 is 0 Å². The standard InChI is InChI=1S/C17H31N3/c1-15(2)6-5-7-18-8-10-19(11-9-18)12-17-13-20(14-17)16(3)4/h15-17H,7-14H2,1-4H3. The first kappa shape index (κ1) is 15.8. The van der Waals surface area contributed by atoms with Crippen LogP contribution in [0.2, 0.25) is 0 Å². The molecular weight excluding hydrogens is 246 g/mol. The SMILES string of the molecule is CC(C)C#CCN1CCN(CC2CN(C(C)C)C2)CC1. The predicted octanol–water partition coefficient (Wildman–Crippen LogP) is 1.60. The summed E-state index contributed by atoms with van der Waals surface area (Å²) in [5.74, 6) is 7.97. The van der Waals surface area contributed by atoms with Crippen LogP contribution in [-0.2, 0) is 0 Å². The molecule has 2 aliphatic heterocycles. The van der Waals surface area contributed by atoms with Gasteiger partial charge in [0.25, 0.3) is 0 Å². The lowest BCUT2D eigenvalue weighted by Crippen LogP contribution is -2.56. The molecule has 0 spiro atoms. The zero-order valence-electron chi connectivity index (χ0n) is 13.7. The third-order valence-electron chi connectivity index (χ3n) is 4.39. The molecule has 114 valence electrons. The van der Waals surface area contributed by atoms with Gasteiger partial charge in [0.1, 0.15) is 0 Å². The van der Waals surface area contributed by atoms with Crippen LogP contribution in [0.5, 0.6) is 0 Å². The van der Waals surface area contributed by atoms with Gasteiger partial charge >= 0.3 is 0 Å². The van der Waals surface area contributed by atoms with Gasteiger partial charge in [0, 0.05) is 57.8 Å². The second-order valence-corrected chi connectivity index (χ2v) is 6.97. The fourth-order valence-electron chi connectivity index (χ4n) is 3.00. The molecule has 0 aliphatic carbocycles. The molecule has 20 heavy (non-hydrogen) atoms. The molecule has 0 aromatic rings. The summed E-state index contributed by atoms with van der Waals surface area (Å²) in [4.78, 5) is 7.71. The van der Waals surface area contributed by atoms with Gasteiger partial charge in [-0.15, -0.1) is 0 Å². The van der Waals surface area contributed by atoms with Crippen molar-refractivity contribution in [1.82, 2.24) is 14.7 Å². The Labute approximate surface area is 125 Å². The zero-order chi connectivity index (χ0) is 14.5. The molecule has 2 heterocycles. The molecule has 0 aromatic carbocycles. The summed E-state index contributed by atoms with van der Waals surface area (Å²) in [6.45, 7) is 18.6. The summed E-state index contributed by atoms with van der Waals surface area (Å²) in [7, 11) is 0. The summed E-state index contributed by atoms with van der Waals surface area (Å²) in [6.07, 6.45) is 0. The molecule has 2 saturated heterocycles. The van der Waals surface area contributed by atoms with Gasteiger partial charge in [-0.1, -0.05) is 25.7 Å². The van der Waals surface area contributed by atoms with Crippen molar-refractivity contribution in [2.45, 2.75) is 33.7 Å². The first-order valence-corrected chi connectivity index (χ1v) is 8.21. The maximum Gasteiger partial charge on any atom is 0.0602 e. The average Bonchev–Trinajstić information content (AvgIpc) is 2.34. The van der Waals surface area contributed by atoms with E-state index in [1.807, 2.05) is 0 Å². The number of rotatable bonds is 4. The smallest absolute Gasteiger partial charge is 0.0602 e. The molecule has 0 amide bonds. The van der Waals surface area contributed by atoms with Gasteiger partial charge in [0.15, 0.2) is 0 Å². The first-order chi connectivity index (χ1) is 9.54. The van der Waals surface area contributed by atoms with Crippen molar-refractivity contribution >= 4 is 0 Å². The minimum absolute atomic E-state index is 0.499.